The minimum absolute atomic E-state index is 0.579. The standard InChI is InChI=1S/C50H28N4S2/c51-27-29-10-9-11-31(24-29)46-42(53-40-16-5-1-12-32(40)36-20-22-38-34-14-3-7-18-44(34)55-49(38)47(36)53)25-30(28-52)26-43(46)54-41-17-6-2-13-33(41)37-21-23-39-35-15-4-8-19-45(35)56-50(39)48(37)54/h1-5,7-16,18-26H,6,17H2. The Labute approximate surface area is 329 Å². The van der Waals surface area contributed by atoms with Gasteiger partial charge in [0.25, 0.3) is 0 Å². The molecule has 6 heteroatoms. The van der Waals surface area contributed by atoms with Crippen LogP contribution in [0.15, 0.2) is 140 Å². The molecular weight excluding hydrogens is 721 g/mol. The van der Waals surface area contributed by atoms with Gasteiger partial charge in [0.15, 0.2) is 0 Å². The van der Waals surface area contributed by atoms with Gasteiger partial charge in [-0.25, -0.2) is 0 Å². The van der Waals surface area contributed by atoms with Crippen LogP contribution in [0.5, 0.6) is 0 Å². The van der Waals surface area contributed by atoms with E-state index in [9.17, 15) is 10.5 Å². The number of benzene rings is 7. The first-order valence-corrected chi connectivity index (χ1v) is 20.4. The zero-order valence-electron chi connectivity index (χ0n) is 29.9. The molecule has 12 rings (SSSR count). The molecule has 1 aliphatic rings. The second kappa shape index (κ2) is 11.8. The number of allylic oxidation sites excluding steroid dienone is 1. The fraction of sp³-hybridized carbons (Fsp3) is 0.0400. The minimum Gasteiger partial charge on any atom is -0.311 e. The molecule has 0 aliphatic heterocycles. The highest BCUT2D eigenvalue weighted by Crippen LogP contribution is 2.48. The summed E-state index contributed by atoms with van der Waals surface area (Å²) < 4.78 is 9.80. The van der Waals surface area contributed by atoms with Crippen LogP contribution >= 0.6 is 22.7 Å². The van der Waals surface area contributed by atoms with Crippen LogP contribution in [-0.4, -0.2) is 9.13 Å². The molecule has 0 N–H and O–H groups in total. The molecule has 7 aromatic carbocycles. The molecule has 4 aromatic heterocycles. The first-order chi connectivity index (χ1) is 27.7. The zero-order chi connectivity index (χ0) is 37.1. The highest BCUT2D eigenvalue weighted by atomic mass is 32.1. The van der Waals surface area contributed by atoms with Gasteiger partial charge in [0.05, 0.1) is 60.6 Å². The number of hydrogen-bond acceptors (Lipinski definition) is 4. The summed E-state index contributed by atoms with van der Waals surface area (Å²) in [5.74, 6) is 0. The summed E-state index contributed by atoms with van der Waals surface area (Å²) in [6.45, 7) is 0. The topological polar surface area (TPSA) is 57.4 Å². The molecule has 1 aliphatic carbocycles. The van der Waals surface area contributed by atoms with Crippen LogP contribution in [0.4, 0.5) is 0 Å². The summed E-state index contributed by atoms with van der Waals surface area (Å²) in [6.07, 6.45) is 6.37. The Morgan fingerprint density at radius 1 is 0.518 bits per heavy atom. The molecule has 4 nitrogen and oxygen atoms in total. The Bertz CT molecular complexity index is 3630. The van der Waals surface area contributed by atoms with Crippen molar-refractivity contribution in [3.63, 3.8) is 0 Å². The molecular formula is C50H28N4S2. The third-order valence-corrected chi connectivity index (χ3v) is 14.0. The molecule has 11 aromatic rings. The SMILES string of the molecule is N#Cc1cccc(-c2c(-n3c4c(c5ccc6c7ccccc7sc6c53)C=CCC4)cc(C#N)cc2-n2c3ccccc3c3ccc4c5ccccc5sc4c32)c1. The zero-order valence-corrected chi connectivity index (χ0v) is 31.5. The van der Waals surface area contributed by atoms with Crippen LogP contribution in [0.25, 0.3) is 102 Å². The molecule has 0 amide bonds. The van der Waals surface area contributed by atoms with Gasteiger partial charge < -0.3 is 9.13 Å². The van der Waals surface area contributed by atoms with Crippen LogP contribution in [0.2, 0.25) is 0 Å². The molecule has 260 valence electrons. The van der Waals surface area contributed by atoms with E-state index in [-0.39, 0.29) is 0 Å². The number of para-hydroxylation sites is 1. The van der Waals surface area contributed by atoms with Gasteiger partial charge in [-0.05, 0) is 60.9 Å². The largest absolute Gasteiger partial charge is 0.311 e. The lowest BCUT2D eigenvalue weighted by atomic mass is 9.96. The van der Waals surface area contributed by atoms with E-state index >= 15 is 0 Å². The predicted octanol–water partition coefficient (Wildman–Crippen LogP) is 13.8. The summed E-state index contributed by atoms with van der Waals surface area (Å²) >= 11 is 3.65. The van der Waals surface area contributed by atoms with Gasteiger partial charge in [-0.3, -0.25) is 0 Å². The van der Waals surface area contributed by atoms with Crippen LogP contribution in [0.1, 0.15) is 28.8 Å². The molecule has 0 fully saturated rings. The van der Waals surface area contributed by atoms with Crippen molar-refractivity contribution in [3.8, 4) is 34.6 Å². The van der Waals surface area contributed by atoms with Gasteiger partial charge in [-0.1, -0.05) is 103 Å². The van der Waals surface area contributed by atoms with Crippen LogP contribution in [-0.2, 0) is 6.42 Å². The van der Waals surface area contributed by atoms with E-state index in [0.29, 0.717) is 11.1 Å². The number of nitriles is 2. The van der Waals surface area contributed by atoms with Gasteiger partial charge >= 0.3 is 0 Å². The van der Waals surface area contributed by atoms with Crippen molar-refractivity contribution < 1.29 is 0 Å². The summed E-state index contributed by atoms with van der Waals surface area (Å²) in [5.41, 5.74) is 10.8. The normalized spacial score (nSPS) is 12.8. The van der Waals surface area contributed by atoms with E-state index in [1.165, 1.54) is 62.4 Å². The molecule has 56 heavy (non-hydrogen) atoms. The lowest BCUT2D eigenvalue weighted by Gasteiger charge is -2.22. The smallest absolute Gasteiger partial charge is 0.0993 e. The van der Waals surface area contributed by atoms with Gasteiger partial charge in [0.1, 0.15) is 0 Å². The minimum atomic E-state index is 0.579. The van der Waals surface area contributed by atoms with Crippen LogP contribution in [0.3, 0.4) is 0 Å². The van der Waals surface area contributed by atoms with E-state index in [1.54, 1.807) is 0 Å². The summed E-state index contributed by atoms with van der Waals surface area (Å²) in [7, 11) is 0. The average molecular weight is 749 g/mol. The van der Waals surface area contributed by atoms with Crippen LogP contribution < -0.4 is 0 Å². The lowest BCUT2D eigenvalue weighted by Crippen LogP contribution is -2.08. The highest BCUT2D eigenvalue weighted by Gasteiger charge is 2.28. The van der Waals surface area contributed by atoms with Crippen molar-refractivity contribution in [2.75, 3.05) is 0 Å². The second-order valence-corrected chi connectivity index (χ2v) is 16.7. The summed E-state index contributed by atoms with van der Waals surface area (Å²) in [5, 5.41) is 29.6. The van der Waals surface area contributed by atoms with Crippen LogP contribution in [0, 0.1) is 22.7 Å². The van der Waals surface area contributed by atoms with Crippen molar-refractivity contribution in [1.82, 2.24) is 9.13 Å². The van der Waals surface area contributed by atoms with Gasteiger partial charge in [-0.15, -0.1) is 22.7 Å². The maximum atomic E-state index is 10.9. The Balaban J connectivity index is 1.31. The maximum Gasteiger partial charge on any atom is 0.0993 e. The molecule has 4 heterocycles. The first-order valence-electron chi connectivity index (χ1n) is 18.8. The Morgan fingerprint density at radius 2 is 1.12 bits per heavy atom. The van der Waals surface area contributed by atoms with E-state index in [0.717, 1.165) is 57.3 Å². The Hall–Kier alpha value is -6.96. The molecule has 0 atom stereocenters. The fourth-order valence-electron chi connectivity index (χ4n) is 9.29. The molecule has 0 saturated carbocycles. The van der Waals surface area contributed by atoms with Gasteiger partial charge in [0, 0.05) is 63.9 Å². The molecule has 0 radical (unpaired) electrons. The van der Waals surface area contributed by atoms with Crippen molar-refractivity contribution in [2.45, 2.75) is 12.8 Å². The molecule has 0 bridgehead atoms. The molecule has 0 spiro atoms. The second-order valence-electron chi connectivity index (χ2n) is 14.6. The van der Waals surface area contributed by atoms with Crippen molar-refractivity contribution in [3.05, 3.63) is 162 Å². The number of aromatic nitrogens is 2. The Kier molecular flexibility index (Phi) is 6.60. The third kappa shape index (κ3) is 4.26. The van der Waals surface area contributed by atoms with Crippen molar-refractivity contribution in [1.29, 1.82) is 10.5 Å². The fourth-order valence-corrected chi connectivity index (χ4v) is 11.8. The van der Waals surface area contributed by atoms with E-state index in [4.69, 9.17) is 0 Å². The summed E-state index contributed by atoms with van der Waals surface area (Å²) in [4.78, 5) is 0. The number of nitrogens with zero attached hydrogens (tertiary/aromatic N) is 4. The number of hydrogen-bond donors (Lipinski definition) is 0. The Morgan fingerprint density at radius 3 is 1.84 bits per heavy atom. The lowest BCUT2D eigenvalue weighted by molar-refractivity contribution is 0.889. The number of rotatable bonds is 3. The highest BCUT2D eigenvalue weighted by molar-refractivity contribution is 7.27. The van der Waals surface area contributed by atoms with E-state index in [2.05, 4.69) is 149 Å². The van der Waals surface area contributed by atoms with Crippen molar-refractivity contribution in [2.24, 2.45) is 0 Å². The monoisotopic (exact) mass is 748 g/mol. The van der Waals surface area contributed by atoms with E-state index in [1.807, 2.05) is 40.9 Å². The van der Waals surface area contributed by atoms with E-state index < -0.39 is 0 Å². The van der Waals surface area contributed by atoms with Gasteiger partial charge in [-0.2, -0.15) is 10.5 Å². The quantitative estimate of drug-likeness (QED) is 0.181. The predicted molar refractivity (Wildman–Crippen MR) is 236 cm³/mol. The average Bonchev–Trinajstić information content (AvgIpc) is 4.01. The van der Waals surface area contributed by atoms with Gasteiger partial charge in [0.2, 0.25) is 0 Å². The van der Waals surface area contributed by atoms with Crippen molar-refractivity contribution >= 4 is 102 Å². The molecule has 0 saturated heterocycles. The molecule has 0 unspecified atom stereocenters. The third-order valence-electron chi connectivity index (χ3n) is 11.6. The number of thiophene rings is 2. The maximum absolute atomic E-state index is 10.9. The summed E-state index contributed by atoms with van der Waals surface area (Å²) in [6, 6.07) is 52.1. The first kappa shape index (κ1) is 31.4. The number of fused-ring (bicyclic) bond motifs is 14.